The highest BCUT2D eigenvalue weighted by molar-refractivity contribution is 5.93. The van der Waals surface area contributed by atoms with Gasteiger partial charge >= 0.3 is 0 Å². The van der Waals surface area contributed by atoms with E-state index in [0.29, 0.717) is 24.8 Å². The molecule has 0 aromatic carbocycles. The van der Waals surface area contributed by atoms with Crippen LogP contribution in [0.3, 0.4) is 0 Å². The number of aryl methyl sites for hydroxylation is 3. The first-order valence-corrected chi connectivity index (χ1v) is 8.25. The van der Waals surface area contributed by atoms with Crippen LogP contribution >= 0.6 is 0 Å². The number of nitrogens with zero attached hydrogens (tertiary/aromatic N) is 3. The molecule has 3 rings (SSSR count). The SMILES string of the molecule is Cc1nc(C)c(C(=O)N2CCOCC(C3CCC3)C2)nc1C. The maximum atomic E-state index is 12.9. The predicted octanol–water partition coefficient (Wildman–Crippen LogP) is 2.29. The average molecular weight is 303 g/mol. The molecule has 5 nitrogen and oxygen atoms in total. The van der Waals surface area contributed by atoms with Crippen molar-refractivity contribution in [2.24, 2.45) is 11.8 Å². The van der Waals surface area contributed by atoms with Gasteiger partial charge in [-0.05, 0) is 26.7 Å². The summed E-state index contributed by atoms with van der Waals surface area (Å²) in [6.07, 6.45) is 3.87. The van der Waals surface area contributed by atoms with Gasteiger partial charge in [0.1, 0.15) is 5.69 Å². The molecule has 5 heteroatoms. The lowest BCUT2D eigenvalue weighted by Gasteiger charge is -2.34. The van der Waals surface area contributed by atoms with Crippen LogP contribution in [-0.4, -0.2) is 47.1 Å². The summed E-state index contributed by atoms with van der Waals surface area (Å²) in [5.74, 6) is 1.20. The van der Waals surface area contributed by atoms with Gasteiger partial charge in [-0.2, -0.15) is 0 Å². The van der Waals surface area contributed by atoms with Gasteiger partial charge in [0.15, 0.2) is 0 Å². The highest BCUT2D eigenvalue weighted by Gasteiger charge is 2.33. The van der Waals surface area contributed by atoms with Crippen molar-refractivity contribution in [2.75, 3.05) is 26.3 Å². The normalized spacial score (nSPS) is 23.0. The summed E-state index contributed by atoms with van der Waals surface area (Å²) in [4.78, 5) is 23.7. The smallest absolute Gasteiger partial charge is 0.274 e. The molecule has 1 aliphatic heterocycles. The zero-order chi connectivity index (χ0) is 15.7. The van der Waals surface area contributed by atoms with Crippen LogP contribution in [0.4, 0.5) is 0 Å². The summed E-state index contributed by atoms with van der Waals surface area (Å²) in [5.41, 5.74) is 2.94. The first-order chi connectivity index (χ1) is 10.6. The van der Waals surface area contributed by atoms with Crippen LogP contribution in [0.25, 0.3) is 0 Å². The van der Waals surface area contributed by atoms with Crippen LogP contribution < -0.4 is 0 Å². The van der Waals surface area contributed by atoms with Crippen LogP contribution in [0.5, 0.6) is 0 Å². The van der Waals surface area contributed by atoms with E-state index in [1.807, 2.05) is 25.7 Å². The second-order valence-corrected chi connectivity index (χ2v) is 6.61. The molecule has 2 aliphatic rings. The fourth-order valence-corrected chi connectivity index (χ4v) is 3.28. The number of carbonyl (C=O) groups excluding carboxylic acids is 1. The van der Waals surface area contributed by atoms with Crippen LogP contribution in [0.15, 0.2) is 0 Å². The lowest BCUT2D eigenvalue weighted by Crippen LogP contribution is -2.40. The van der Waals surface area contributed by atoms with Gasteiger partial charge in [-0.25, -0.2) is 4.98 Å². The second kappa shape index (κ2) is 6.32. The van der Waals surface area contributed by atoms with Gasteiger partial charge in [-0.15, -0.1) is 0 Å². The summed E-state index contributed by atoms with van der Waals surface area (Å²) < 4.78 is 5.72. The highest BCUT2D eigenvalue weighted by atomic mass is 16.5. The Morgan fingerprint density at radius 2 is 1.82 bits per heavy atom. The molecule has 1 aromatic heterocycles. The van der Waals surface area contributed by atoms with Gasteiger partial charge in [-0.3, -0.25) is 9.78 Å². The molecule has 120 valence electrons. The van der Waals surface area contributed by atoms with E-state index in [2.05, 4.69) is 9.97 Å². The van der Waals surface area contributed by atoms with Crippen molar-refractivity contribution in [3.8, 4) is 0 Å². The number of rotatable bonds is 2. The molecule has 0 spiro atoms. The van der Waals surface area contributed by atoms with E-state index in [9.17, 15) is 4.79 Å². The largest absolute Gasteiger partial charge is 0.379 e. The first-order valence-electron chi connectivity index (χ1n) is 8.25. The monoisotopic (exact) mass is 303 g/mol. The fourth-order valence-electron chi connectivity index (χ4n) is 3.28. The zero-order valence-electron chi connectivity index (χ0n) is 13.8. The summed E-state index contributed by atoms with van der Waals surface area (Å²) in [5, 5.41) is 0. The van der Waals surface area contributed by atoms with Crippen molar-refractivity contribution >= 4 is 5.91 Å². The van der Waals surface area contributed by atoms with E-state index in [0.717, 1.165) is 36.2 Å². The summed E-state index contributed by atoms with van der Waals surface area (Å²) >= 11 is 0. The summed E-state index contributed by atoms with van der Waals surface area (Å²) in [7, 11) is 0. The van der Waals surface area contributed by atoms with Crippen LogP contribution in [-0.2, 0) is 4.74 Å². The van der Waals surface area contributed by atoms with Gasteiger partial charge in [-0.1, -0.05) is 19.3 Å². The van der Waals surface area contributed by atoms with Crippen molar-refractivity contribution in [1.29, 1.82) is 0 Å². The van der Waals surface area contributed by atoms with E-state index >= 15 is 0 Å². The second-order valence-electron chi connectivity index (χ2n) is 6.61. The van der Waals surface area contributed by atoms with Crippen LogP contribution in [0.1, 0.15) is 46.8 Å². The third-order valence-corrected chi connectivity index (χ3v) is 5.08. The van der Waals surface area contributed by atoms with Crippen LogP contribution in [0, 0.1) is 32.6 Å². The maximum absolute atomic E-state index is 12.9. The van der Waals surface area contributed by atoms with E-state index in [-0.39, 0.29) is 5.91 Å². The first kappa shape index (κ1) is 15.4. The van der Waals surface area contributed by atoms with E-state index < -0.39 is 0 Å². The number of hydrogen-bond donors (Lipinski definition) is 0. The standard InChI is InChI=1S/C17H25N3O2/c1-11-12(2)19-16(13(3)18-11)17(21)20-7-8-22-10-15(9-20)14-5-4-6-14/h14-15H,4-10H2,1-3H3. The van der Waals surface area contributed by atoms with Crippen molar-refractivity contribution in [3.63, 3.8) is 0 Å². The third-order valence-electron chi connectivity index (χ3n) is 5.08. The number of ether oxygens (including phenoxy) is 1. The summed E-state index contributed by atoms with van der Waals surface area (Å²) in [6.45, 7) is 8.54. The molecule has 1 aromatic rings. The molecular weight excluding hydrogens is 278 g/mol. The molecule has 2 fully saturated rings. The van der Waals surface area contributed by atoms with Crippen LogP contribution in [0.2, 0.25) is 0 Å². The Labute approximate surface area is 132 Å². The van der Waals surface area contributed by atoms with Crippen molar-refractivity contribution in [1.82, 2.24) is 14.9 Å². The van der Waals surface area contributed by atoms with E-state index in [1.165, 1.54) is 19.3 Å². The lowest BCUT2D eigenvalue weighted by atomic mass is 9.76. The molecule has 1 amide bonds. The topological polar surface area (TPSA) is 55.3 Å². The minimum Gasteiger partial charge on any atom is -0.379 e. The molecule has 0 bridgehead atoms. The predicted molar refractivity (Wildman–Crippen MR) is 83.8 cm³/mol. The Morgan fingerprint density at radius 3 is 2.50 bits per heavy atom. The van der Waals surface area contributed by atoms with E-state index in [1.54, 1.807) is 0 Å². The molecular formula is C17H25N3O2. The molecule has 1 saturated heterocycles. The van der Waals surface area contributed by atoms with Gasteiger partial charge < -0.3 is 9.64 Å². The number of amides is 1. The van der Waals surface area contributed by atoms with Gasteiger partial charge in [0.2, 0.25) is 0 Å². The molecule has 1 aliphatic carbocycles. The van der Waals surface area contributed by atoms with Crippen molar-refractivity contribution in [3.05, 3.63) is 22.8 Å². The summed E-state index contributed by atoms with van der Waals surface area (Å²) in [6, 6.07) is 0. The minimum atomic E-state index is 0.00271. The van der Waals surface area contributed by atoms with Gasteiger partial charge in [0.05, 0.1) is 30.3 Å². The molecule has 0 radical (unpaired) electrons. The number of hydrogen-bond acceptors (Lipinski definition) is 4. The maximum Gasteiger partial charge on any atom is 0.274 e. The van der Waals surface area contributed by atoms with Gasteiger partial charge in [0, 0.05) is 19.0 Å². The zero-order valence-corrected chi connectivity index (χ0v) is 13.8. The number of carbonyl (C=O) groups is 1. The molecule has 1 unspecified atom stereocenters. The Hall–Kier alpha value is -1.49. The Morgan fingerprint density at radius 1 is 1.09 bits per heavy atom. The molecule has 0 N–H and O–H groups in total. The highest BCUT2D eigenvalue weighted by Crippen LogP contribution is 2.35. The van der Waals surface area contributed by atoms with Crippen molar-refractivity contribution in [2.45, 2.75) is 40.0 Å². The van der Waals surface area contributed by atoms with E-state index in [4.69, 9.17) is 4.74 Å². The molecule has 2 heterocycles. The quantitative estimate of drug-likeness (QED) is 0.841. The van der Waals surface area contributed by atoms with Gasteiger partial charge in [0.25, 0.3) is 5.91 Å². The molecule has 1 saturated carbocycles. The molecule has 1 atom stereocenters. The lowest BCUT2D eigenvalue weighted by molar-refractivity contribution is 0.0681. The third kappa shape index (κ3) is 3.00. The Kier molecular flexibility index (Phi) is 4.43. The Bertz CT molecular complexity index is 569. The molecule has 22 heavy (non-hydrogen) atoms. The average Bonchev–Trinajstić information content (AvgIpc) is 2.66. The van der Waals surface area contributed by atoms with Crippen molar-refractivity contribution < 1.29 is 9.53 Å². The minimum absolute atomic E-state index is 0.00271. The Balaban J connectivity index is 1.79. The fraction of sp³-hybridized carbons (Fsp3) is 0.706. The number of aromatic nitrogens is 2.